The quantitative estimate of drug-likeness (QED) is 0.566. The average Bonchev–Trinajstić information content (AvgIpc) is 3.18. The van der Waals surface area contributed by atoms with Gasteiger partial charge in [0.15, 0.2) is 0 Å². The van der Waals surface area contributed by atoms with E-state index in [0.29, 0.717) is 12.6 Å². The molecule has 1 aromatic heterocycles. The molecule has 1 aliphatic carbocycles. The average molecular weight is 400 g/mol. The van der Waals surface area contributed by atoms with E-state index in [1.807, 2.05) is 42.1 Å². The molecule has 1 fully saturated rings. The van der Waals surface area contributed by atoms with Crippen LogP contribution in [-0.4, -0.2) is 41.8 Å². The van der Waals surface area contributed by atoms with Gasteiger partial charge in [-0.15, -0.1) is 0 Å². The van der Waals surface area contributed by atoms with Crippen LogP contribution in [0.4, 0.5) is 4.79 Å². The van der Waals surface area contributed by atoms with E-state index in [9.17, 15) is 4.79 Å². The van der Waals surface area contributed by atoms with Crippen LogP contribution in [0, 0.1) is 0 Å². The summed E-state index contributed by atoms with van der Waals surface area (Å²) in [6, 6.07) is 7.80. The van der Waals surface area contributed by atoms with Gasteiger partial charge in [0, 0.05) is 32.0 Å². The third kappa shape index (κ3) is 6.22. The van der Waals surface area contributed by atoms with Crippen molar-refractivity contribution in [2.24, 2.45) is 7.05 Å². The molecule has 1 aromatic carbocycles. The molecule has 1 heterocycles. The predicted molar refractivity (Wildman–Crippen MR) is 114 cm³/mol. The molecule has 158 valence electrons. The van der Waals surface area contributed by atoms with Crippen molar-refractivity contribution in [1.82, 2.24) is 25.5 Å². The Morgan fingerprint density at radius 3 is 2.83 bits per heavy atom. The van der Waals surface area contributed by atoms with E-state index >= 15 is 0 Å². The van der Waals surface area contributed by atoms with Crippen molar-refractivity contribution in [2.75, 3.05) is 20.2 Å². The molecule has 1 unspecified atom stereocenters. The smallest absolute Gasteiger partial charge is 0.315 e. The van der Waals surface area contributed by atoms with E-state index in [4.69, 9.17) is 4.74 Å². The fourth-order valence-electron chi connectivity index (χ4n) is 3.86. The van der Waals surface area contributed by atoms with Crippen LogP contribution >= 0.6 is 0 Å². The van der Waals surface area contributed by atoms with Gasteiger partial charge in [-0.05, 0) is 43.5 Å². The molecule has 0 aliphatic heterocycles. The number of rotatable bonds is 9. The molecule has 7 nitrogen and oxygen atoms in total. The molecule has 0 saturated heterocycles. The van der Waals surface area contributed by atoms with Gasteiger partial charge in [0.05, 0.1) is 7.11 Å². The Morgan fingerprint density at radius 1 is 1.28 bits per heavy atom. The Hall–Kier alpha value is -2.54. The van der Waals surface area contributed by atoms with Gasteiger partial charge < -0.3 is 25.3 Å². The van der Waals surface area contributed by atoms with Crippen LogP contribution in [0.25, 0.3) is 0 Å². The van der Waals surface area contributed by atoms with Gasteiger partial charge in [0.2, 0.25) is 0 Å². The van der Waals surface area contributed by atoms with Crippen LogP contribution in [-0.2, 0) is 7.05 Å². The number of hydrogen-bond acceptors (Lipinski definition) is 4. The molecule has 2 amide bonds. The highest BCUT2D eigenvalue weighted by Crippen LogP contribution is 2.24. The van der Waals surface area contributed by atoms with Crippen molar-refractivity contribution < 1.29 is 9.53 Å². The van der Waals surface area contributed by atoms with Gasteiger partial charge in [0.1, 0.15) is 17.6 Å². The number of nitrogens with one attached hydrogen (secondary N) is 3. The second-order valence-electron chi connectivity index (χ2n) is 7.65. The summed E-state index contributed by atoms with van der Waals surface area (Å²) in [7, 11) is 3.56. The number of aryl methyl sites for hydroxylation is 1. The maximum atomic E-state index is 12.5. The Kier molecular flexibility index (Phi) is 7.93. The van der Waals surface area contributed by atoms with Crippen molar-refractivity contribution in [3.8, 4) is 5.75 Å². The monoisotopic (exact) mass is 399 g/mol. The van der Waals surface area contributed by atoms with Gasteiger partial charge in [-0.3, -0.25) is 0 Å². The summed E-state index contributed by atoms with van der Waals surface area (Å²) in [5, 5.41) is 9.64. The number of carbonyl (C=O) groups is 1. The lowest BCUT2D eigenvalue weighted by molar-refractivity contribution is 0.238. The number of aromatic nitrogens is 2. The summed E-state index contributed by atoms with van der Waals surface area (Å²) in [6.07, 6.45) is 11.1. The third-order valence-corrected chi connectivity index (χ3v) is 5.50. The summed E-state index contributed by atoms with van der Waals surface area (Å²) in [5.41, 5.74) is 0.924. The lowest BCUT2D eigenvalue weighted by atomic mass is 9.95. The lowest BCUT2D eigenvalue weighted by Crippen LogP contribution is -2.40. The third-order valence-electron chi connectivity index (χ3n) is 5.50. The molecule has 2 aromatic rings. The van der Waals surface area contributed by atoms with Crippen LogP contribution in [0.1, 0.15) is 56.0 Å². The first kappa shape index (κ1) is 21.2. The van der Waals surface area contributed by atoms with E-state index in [0.717, 1.165) is 30.1 Å². The molecular formula is C22H33N5O2. The molecule has 0 bridgehead atoms. The number of urea groups is 1. The Morgan fingerprint density at radius 2 is 2.10 bits per heavy atom. The zero-order chi connectivity index (χ0) is 20.5. The van der Waals surface area contributed by atoms with Crippen LogP contribution in [0.2, 0.25) is 0 Å². The highest BCUT2D eigenvalue weighted by molar-refractivity contribution is 5.74. The highest BCUT2D eigenvalue weighted by atomic mass is 16.5. The number of imidazole rings is 1. The maximum absolute atomic E-state index is 12.5. The Bertz CT molecular complexity index is 770. The summed E-state index contributed by atoms with van der Waals surface area (Å²) in [4.78, 5) is 17.0. The number of hydrogen-bond donors (Lipinski definition) is 3. The molecule has 3 rings (SSSR count). The number of benzene rings is 1. The first-order valence-electron chi connectivity index (χ1n) is 10.6. The summed E-state index contributed by atoms with van der Waals surface area (Å²) in [5.74, 6) is 1.52. The highest BCUT2D eigenvalue weighted by Gasteiger charge is 2.21. The van der Waals surface area contributed by atoms with E-state index in [1.165, 1.54) is 32.1 Å². The zero-order valence-corrected chi connectivity index (χ0v) is 17.5. The Balaban J connectivity index is 1.52. The molecule has 1 saturated carbocycles. The van der Waals surface area contributed by atoms with Crippen LogP contribution < -0.4 is 20.7 Å². The number of carbonyl (C=O) groups excluding carboxylic acids is 1. The van der Waals surface area contributed by atoms with Crippen molar-refractivity contribution in [2.45, 2.75) is 50.6 Å². The second kappa shape index (κ2) is 10.9. The second-order valence-corrected chi connectivity index (χ2v) is 7.65. The summed E-state index contributed by atoms with van der Waals surface area (Å²) in [6.45, 7) is 1.57. The SMILES string of the molecule is COc1cccc(C(NC(=O)NCCCNC2CCCCC2)c2nccn2C)c1. The Labute approximate surface area is 173 Å². The van der Waals surface area contributed by atoms with E-state index < -0.39 is 0 Å². The van der Waals surface area contributed by atoms with E-state index in [-0.39, 0.29) is 12.1 Å². The van der Waals surface area contributed by atoms with Crippen molar-refractivity contribution >= 4 is 6.03 Å². The first-order chi connectivity index (χ1) is 14.2. The van der Waals surface area contributed by atoms with Crippen LogP contribution in [0.3, 0.4) is 0 Å². The topological polar surface area (TPSA) is 80.2 Å². The van der Waals surface area contributed by atoms with Crippen molar-refractivity contribution in [3.63, 3.8) is 0 Å². The van der Waals surface area contributed by atoms with Crippen molar-refractivity contribution in [3.05, 3.63) is 48.0 Å². The molecule has 7 heteroatoms. The molecule has 0 spiro atoms. The first-order valence-corrected chi connectivity index (χ1v) is 10.6. The summed E-state index contributed by atoms with van der Waals surface area (Å²) < 4.78 is 7.25. The fraction of sp³-hybridized carbons (Fsp3) is 0.545. The maximum Gasteiger partial charge on any atom is 0.315 e. The molecule has 1 aliphatic rings. The van der Waals surface area contributed by atoms with Gasteiger partial charge in [-0.1, -0.05) is 31.4 Å². The minimum Gasteiger partial charge on any atom is -0.497 e. The van der Waals surface area contributed by atoms with Crippen molar-refractivity contribution in [1.29, 1.82) is 0 Å². The zero-order valence-electron chi connectivity index (χ0n) is 17.5. The number of methoxy groups -OCH3 is 1. The molecule has 0 radical (unpaired) electrons. The molecule has 29 heavy (non-hydrogen) atoms. The van der Waals surface area contributed by atoms with Crippen LogP contribution in [0.15, 0.2) is 36.7 Å². The lowest BCUT2D eigenvalue weighted by Gasteiger charge is -2.23. The van der Waals surface area contributed by atoms with Gasteiger partial charge in [-0.25, -0.2) is 9.78 Å². The number of ether oxygens (including phenoxy) is 1. The molecule has 1 atom stereocenters. The van der Waals surface area contributed by atoms with Gasteiger partial charge >= 0.3 is 6.03 Å². The fourth-order valence-corrected chi connectivity index (χ4v) is 3.86. The minimum absolute atomic E-state index is 0.196. The van der Waals surface area contributed by atoms with E-state index in [2.05, 4.69) is 20.9 Å². The largest absolute Gasteiger partial charge is 0.497 e. The normalized spacial score (nSPS) is 15.7. The standard InChI is InChI=1S/C22H33N5O2/c1-27-15-14-24-21(27)20(17-8-6-11-19(16-17)29-2)26-22(28)25-13-7-12-23-18-9-4-3-5-10-18/h6,8,11,14-16,18,20,23H,3-5,7,9-10,12-13H2,1-2H3,(H2,25,26,28). The molecular weight excluding hydrogens is 366 g/mol. The minimum atomic E-state index is -0.356. The van der Waals surface area contributed by atoms with Gasteiger partial charge in [-0.2, -0.15) is 0 Å². The summed E-state index contributed by atoms with van der Waals surface area (Å²) >= 11 is 0. The van der Waals surface area contributed by atoms with E-state index in [1.54, 1.807) is 13.3 Å². The van der Waals surface area contributed by atoms with Gasteiger partial charge in [0.25, 0.3) is 0 Å². The predicted octanol–water partition coefficient (Wildman–Crippen LogP) is 3.13. The number of nitrogens with zero attached hydrogens (tertiary/aromatic N) is 2. The van der Waals surface area contributed by atoms with Crippen LogP contribution in [0.5, 0.6) is 5.75 Å². The number of amides is 2. The molecule has 3 N–H and O–H groups in total.